The number of nitrogens with zero attached hydrogens (tertiary/aromatic N) is 3. The number of hydrogen-bond donors (Lipinski definition) is 4. The average molecular weight is 640 g/mol. The maximum Gasteiger partial charge on any atom is 0.280 e. The van der Waals surface area contributed by atoms with Crippen molar-refractivity contribution in [1.29, 1.82) is 0 Å². The molecular formula is C28H36Cl2N6O5S. The first-order chi connectivity index (χ1) is 19.6. The van der Waals surface area contributed by atoms with E-state index in [1.54, 1.807) is 23.1 Å². The average Bonchev–Trinajstić information content (AvgIpc) is 3.58. The number of likely N-dealkylation sites (tertiary alicyclic amines) is 1. The number of ether oxygens (including phenoxy) is 1. The minimum absolute atomic E-state index is 0. The Balaban J connectivity index is 0.00000405. The van der Waals surface area contributed by atoms with Crippen molar-refractivity contribution in [2.75, 3.05) is 40.0 Å². The molecule has 11 nitrogen and oxygen atoms in total. The minimum Gasteiger partial charge on any atom is -0.394 e. The second-order valence-electron chi connectivity index (χ2n) is 11.2. The van der Waals surface area contributed by atoms with Crippen LogP contribution in [-0.4, -0.2) is 100 Å². The smallest absolute Gasteiger partial charge is 0.280 e. The van der Waals surface area contributed by atoms with Crippen LogP contribution in [0.1, 0.15) is 51.1 Å². The van der Waals surface area contributed by atoms with Gasteiger partial charge in [0.25, 0.3) is 11.8 Å². The zero-order valence-corrected chi connectivity index (χ0v) is 26.1. The van der Waals surface area contributed by atoms with Crippen LogP contribution < -0.4 is 10.6 Å². The Morgan fingerprint density at radius 1 is 1.19 bits per heavy atom. The van der Waals surface area contributed by atoms with Gasteiger partial charge in [0.1, 0.15) is 12.3 Å². The van der Waals surface area contributed by atoms with E-state index in [1.165, 1.54) is 18.4 Å². The molecule has 0 spiro atoms. The number of thiazole rings is 1. The van der Waals surface area contributed by atoms with Crippen molar-refractivity contribution < 1.29 is 24.2 Å². The monoisotopic (exact) mass is 638 g/mol. The van der Waals surface area contributed by atoms with Crippen molar-refractivity contribution in [3.63, 3.8) is 0 Å². The molecular weight excluding hydrogens is 603 g/mol. The Kier molecular flexibility index (Phi) is 10.2. The number of methoxy groups -OCH3 is 1. The number of aliphatic hydroxyl groups is 1. The third-order valence-electron chi connectivity index (χ3n) is 7.86. The third kappa shape index (κ3) is 6.90. The normalized spacial score (nSPS) is 19.2. The predicted molar refractivity (Wildman–Crippen MR) is 164 cm³/mol. The Hall–Kier alpha value is -2.74. The number of rotatable bonds is 8. The molecule has 2 atom stereocenters. The van der Waals surface area contributed by atoms with Gasteiger partial charge in [-0.25, -0.2) is 4.98 Å². The minimum atomic E-state index is -0.537. The molecule has 2 aromatic heterocycles. The molecule has 42 heavy (non-hydrogen) atoms. The van der Waals surface area contributed by atoms with Crippen molar-refractivity contribution in [3.8, 4) is 0 Å². The molecule has 3 amide bonds. The number of carbonyl (C=O) groups excluding carboxylic acids is 3. The van der Waals surface area contributed by atoms with E-state index < -0.39 is 12.1 Å². The summed E-state index contributed by atoms with van der Waals surface area (Å²) in [5.41, 5.74) is 1.70. The van der Waals surface area contributed by atoms with E-state index in [0.29, 0.717) is 41.7 Å². The molecule has 2 aliphatic heterocycles. The first-order valence-corrected chi connectivity index (χ1v) is 14.8. The quantitative estimate of drug-likeness (QED) is 0.297. The molecule has 1 aromatic carbocycles. The number of nitrogens with one attached hydrogen (secondary N) is 3. The Labute approximate surface area is 259 Å². The van der Waals surface area contributed by atoms with Crippen LogP contribution in [0.15, 0.2) is 24.3 Å². The van der Waals surface area contributed by atoms with Crippen LogP contribution in [0, 0.1) is 0 Å². The molecule has 3 aromatic rings. The first-order valence-electron chi connectivity index (χ1n) is 13.6. The number of piperidine rings is 1. The standard InChI is InChI=1S/C28H35ClN6O5S.ClH/c1-28(2,15-36)35-9-7-20-23(13-35)41-27(33-20)26(39)32-22-12-34(24(37)14-40-3)8-6-19(22)31-25(38)21-11-16-10-17(29)4-5-18(16)30-21;/h4-5,10-11,19,22,30,36H,6-9,12-15H2,1-3H3,(H,31,38)(H,32,39);1H/t19-,22+;/m0./s1. The number of H-pyrrole nitrogens is 1. The largest absolute Gasteiger partial charge is 0.394 e. The zero-order chi connectivity index (χ0) is 29.3. The molecule has 4 N–H and O–H groups in total. The van der Waals surface area contributed by atoms with Gasteiger partial charge in [0.05, 0.1) is 24.4 Å². The topological polar surface area (TPSA) is 140 Å². The molecule has 1 saturated heterocycles. The fraction of sp³-hybridized carbons (Fsp3) is 0.500. The van der Waals surface area contributed by atoms with Gasteiger partial charge in [-0.1, -0.05) is 11.6 Å². The number of hydrogen-bond acceptors (Lipinski definition) is 8. The van der Waals surface area contributed by atoms with Gasteiger partial charge >= 0.3 is 0 Å². The third-order valence-corrected chi connectivity index (χ3v) is 9.18. The lowest BCUT2D eigenvalue weighted by molar-refractivity contribution is -0.136. The number of aromatic nitrogens is 2. The summed E-state index contributed by atoms with van der Waals surface area (Å²) < 4.78 is 5.03. The fourth-order valence-corrected chi connectivity index (χ4v) is 6.53. The van der Waals surface area contributed by atoms with Crippen LogP contribution in [-0.2, 0) is 22.5 Å². The van der Waals surface area contributed by atoms with Crippen molar-refractivity contribution in [2.45, 2.75) is 50.9 Å². The van der Waals surface area contributed by atoms with Crippen LogP contribution in [0.2, 0.25) is 5.02 Å². The highest BCUT2D eigenvalue weighted by Crippen LogP contribution is 2.29. The molecule has 0 saturated carbocycles. The number of aliphatic hydroxyl groups excluding tert-OH is 1. The summed E-state index contributed by atoms with van der Waals surface area (Å²) in [5, 5.41) is 17.6. The number of carbonyl (C=O) groups is 3. The number of amides is 3. The van der Waals surface area contributed by atoms with Crippen molar-refractivity contribution in [2.24, 2.45) is 0 Å². The van der Waals surface area contributed by atoms with E-state index in [-0.39, 0.29) is 55.4 Å². The van der Waals surface area contributed by atoms with Crippen LogP contribution in [0.3, 0.4) is 0 Å². The molecule has 0 bridgehead atoms. The number of fused-ring (bicyclic) bond motifs is 2. The summed E-state index contributed by atoms with van der Waals surface area (Å²) in [7, 11) is 1.46. The summed E-state index contributed by atoms with van der Waals surface area (Å²) in [6.07, 6.45) is 1.15. The lowest BCUT2D eigenvalue weighted by Crippen LogP contribution is -2.61. The fourth-order valence-electron chi connectivity index (χ4n) is 5.32. The Bertz CT molecular complexity index is 1460. The maximum absolute atomic E-state index is 13.4. The molecule has 0 unspecified atom stereocenters. The maximum atomic E-state index is 13.4. The Morgan fingerprint density at radius 3 is 2.69 bits per heavy atom. The molecule has 14 heteroatoms. The highest BCUT2D eigenvalue weighted by molar-refractivity contribution is 7.13. The highest BCUT2D eigenvalue weighted by atomic mass is 35.5. The summed E-state index contributed by atoms with van der Waals surface area (Å²) >= 11 is 7.44. The van der Waals surface area contributed by atoms with Crippen LogP contribution in [0.25, 0.3) is 10.9 Å². The van der Waals surface area contributed by atoms with Crippen LogP contribution in [0.5, 0.6) is 0 Å². The van der Waals surface area contributed by atoms with Gasteiger partial charge in [-0.15, -0.1) is 23.7 Å². The van der Waals surface area contributed by atoms with Crippen molar-refractivity contribution >= 4 is 64.0 Å². The number of halogens is 2. The van der Waals surface area contributed by atoms with Crippen LogP contribution in [0.4, 0.5) is 0 Å². The summed E-state index contributed by atoms with van der Waals surface area (Å²) in [5.74, 6) is -0.835. The van der Waals surface area contributed by atoms with Gasteiger partial charge in [-0.05, 0) is 44.5 Å². The SMILES string of the molecule is COCC(=O)N1CC[C@H](NC(=O)c2cc3cc(Cl)ccc3[nH]2)[C@H](NC(=O)c2nc3c(s2)CN(C(C)(C)CO)CC3)C1.Cl. The molecule has 0 aliphatic carbocycles. The summed E-state index contributed by atoms with van der Waals surface area (Å²) in [6, 6.07) is 6.14. The van der Waals surface area contributed by atoms with E-state index in [2.05, 4.69) is 25.5 Å². The van der Waals surface area contributed by atoms with Gasteiger partial charge in [-0.3, -0.25) is 19.3 Å². The Morgan fingerprint density at radius 2 is 1.95 bits per heavy atom. The van der Waals surface area contributed by atoms with Crippen LogP contribution >= 0.6 is 35.3 Å². The van der Waals surface area contributed by atoms with E-state index >= 15 is 0 Å². The predicted octanol–water partition coefficient (Wildman–Crippen LogP) is 2.60. The zero-order valence-electron chi connectivity index (χ0n) is 23.7. The first kappa shape index (κ1) is 32.2. The molecule has 1 fully saturated rings. The lowest BCUT2D eigenvalue weighted by atomic mass is 9.98. The summed E-state index contributed by atoms with van der Waals surface area (Å²) in [4.78, 5) is 51.9. The molecule has 2 aliphatic rings. The van der Waals surface area contributed by atoms with Crippen molar-refractivity contribution in [1.82, 2.24) is 30.4 Å². The molecule has 228 valence electrons. The molecule has 0 radical (unpaired) electrons. The van der Waals surface area contributed by atoms with E-state index in [4.69, 9.17) is 16.3 Å². The van der Waals surface area contributed by atoms with Gasteiger partial charge < -0.3 is 30.4 Å². The second kappa shape index (κ2) is 13.3. The number of aromatic amines is 1. The van der Waals surface area contributed by atoms with E-state index in [0.717, 1.165) is 28.0 Å². The van der Waals surface area contributed by atoms with Crippen molar-refractivity contribution in [3.05, 3.63) is 50.6 Å². The van der Waals surface area contributed by atoms with Gasteiger partial charge in [0.15, 0.2) is 5.01 Å². The van der Waals surface area contributed by atoms with E-state index in [1.807, 2.05) is 19.9 Å². The number of benzene rings is 1. The lowest BCUT2D eigenvalue weighted by Gasteiger charge is -2.39. The van der Waals surface area contributed by atoms with Gasteiger partial charge in [0, 0.05) is 66.1 Å². The van der Waals surface area contributed by atoms with Gasteiger partial charge in [0.2, 0.25) is 5.91 Å². The molecule has 4 heterocycles. The van der Waals surface area contributed by atoms with E-state index in [9.17, 15) is 19.5 Å². The highest BCUT2D eigenvalue weighted by Gasteiger charge is 2.36. The summed E-state index contributed by atoms with van der Waals surface area (Å²) in [6.45, 7) is 5.97. The molecule has 5 rings (SSSR count). The second-order valence-corrected chi connectivity index (χ2v) is 12.7. The van der Waals surface area contributed by atoms with Gasteiger partial charge in [-0.2, -0.15) is 0 Å².